The van der Waals surface area contributed by atoms with E-state index in [1.54, 1.807) is 7.11 Å². The maximum Gasteiger partial charge on any atom is 0.414 e. The van der Waals surface area contributed by atoms with Crippen LogP contribution in [-0.4, -0.2) is 29.3 Å². The predicted octanol–water partition coefficient (Wildman–Crippen LogP) is 2.14. The van der Waals surface area contributed by atoms with Gasteiger partial charge in [-0.3, -0.25) is 0 Å². The van der Waals surface area contributed by atoms with Crippen molar-refractivity contribution >= 4 is 11.9 Å². The zero-order valence-electron chi connectivity index (χ0n) is 12.7. The molecule has 0 unspecified atom stereocenters. The molecule has 6 nitrogen and oxygen atoms in total. The van der Waals surface area contributed by atoms with Crippen LogP contribution in [0, 0.1) is 0 Å². The second-order valence-corrected chi connectivity index (χ2v) is 4.55. The molecule has 0 fully saturated rings. The van der Waals surface area contributed by atoms with Gasteiger partial charge >= 0.3 is 11.9 Å². The van der Waals surface area contributed by atoms with Crippen molar-refractivity contribution in [3.63, 3.8) is 0 Å². The fourth-order valence-corrected chi connectivity index (χ4v) is 1.69. The number of nitrogens with one attached hydrogen (secondary N) is 1. The monoisotopic (exact) mass is 317 g/mol. The van der Waals surface area contributed by atoms with E-state index in [1.807, 2.05) is 18.2 Å². The number of hydrogen-bond acceptors (Lipinski definition) is 4. The number of methoxy groups -OCH3 is 1. The quantitative estimate of drug-likeness (QED) is 0.731. The van der Waals surface area contributed by atoms with Gasteiger partial charge in [-0.2, -0.15) is 0 Å². The molecule has 0 radical (unpaired) electrons. The van der Waals surface area contributed by atoms with Crippen molar-refractivity contribution in [3.05, 3.63) is 65.7 Å². The van der Waals surface area contributed by atoms with Crippen LogP contribution in [0.25, 0.3) is 0 Å². The van der Waals surface area contributed by atoms with Gasteiger partial charge in [0.2, 0.25) is 0 Å². The summed E-state index contributed by atoms with van der Waals surface area (Å²) < 4.78 is 5.12. The molecule has 2 aromatic rings. The van der Waals surface area contributed by atoms with Crippen LogP contribution in [0.4, 0.5) is 0 Å². The Labute approximate surface area is 134 Å². The van der Waals surface area contributed by atoms with E-state index in [0.717, 1.165) is 18.8 Å². The minimum absolute atomic E-state index is 0.874. The fourth-order valence-electron chi connectivity index (χ4n) is 1.69. The van der Waals surface area contributed by atoms with Crippen LogP contribution in [0.5, 0.6) is 5.75 Å². The largest absolute Gasteiger partial charge is 0.497 e. The molecule has 0 aliphatic carbocycles. The minimum atomic E-state index is -1.82. The SMILES string of the molecule is COc1ccc(CNCc2ccccc2)cc1.O=C(O)C(=O)O. The third-order valence-electron chi connectivity index (χ3n) is 2.84. The second-order valence-electron chi connectivity index (χ2n) is 4.55. The third kappa shape index (κ3) is 7.63. The zero-order valence-corrected chi connectivity index (χ0v) is 12.7. The summed E-state index contributed by atoms with van der Waals surface area (Å²) in [5.41, 5.74) is 2.57. The molecule has 0 spiro atoms. The molecule has 0 aromatic heterocycles. The molecule has 23 heavy (non-hydrogen) atoms. The van der Waals surface area contributed by atoms with E-state index in [-0.39, 0.29) is 0 Å². The van der Waals surface area contributed by atoms with Crippen LogP contribution in [0.15, 0.2) is 54.6 Å². The summed E-state index contributed by atoms with van der Waals surface area (Å²) in [5.74, 6) is -2.75. The minimum Gasteiger partial charge on any atom is -0.497 e. The summed E-state index contributed by atoms with van der Waals surface area (Å²) in [4.78, 5) is 18.2. The van der Waals surface area contributed by atoms with E-state index in [1.165, 1.54) is 11.1 Å². The lowest BCUT2D eigenvalue weighted by molar-refractivity contribution is -0.159. The van der Waals surface area contributed by atoms with Crippen molar-refractivity contribution in [1.29, 1.82) is 0 Å². The lowest BCUT2D eigenvalue weighted by Gasteiger charge is -2.06. The smallest absolute Gasteiger partial charge is 0.414 e. The Hall–Kier alpha value is -2.86. The molecule has 6 heteroatoms. The van der Waals surface area contributed by atoms with Crippen molar-refractivity contribution in [2.24, 2.45) is 0 Å². The molecule has 0 aliphatic heterocycles. The van der Waals surface area contributed by atoms with Crippen LogP contribution < -0.4 is 10.1 Å². The number of carboxylic acid groups (broad SMARTS) is 2. The highest BCUT2D eigenvalue weighted by Gasteiger charge is 2.04. The highest BCUT2D eigenvalue weighted by molar-refractivity contribution is 6.27. The molecule has 2 aromatic carbocycles. The van der Waals surface area contributed by atoms with E-state index in [0.29, 0.717) is 0 Å². The standard InChI is InChI=1S/C15H17NO.C2H2O4/c1-17-15-9-7-14(8-10-15)12-16-11-13-5-3-2-4-6-13;3-1(4)2(5)6/h2-10,16H,11-12H2,1H3;(H,3,4)(H,5,6). The number of carboxylic acids is 2. The third-order valence-corrected chi connectivity index (χ3v) is 2.84. The van der Waals surface area contributed by atoms with Gasteiger partial charge in [-0.1, -0.05) is 42.5 Å². The van der Waals surface area contributed by atoms with Crippen LogP contribution in [0.3, 0.4) is 0 Å². The van der Waals surface area contributed by atoms with Crippen molar-refractivity contribution in [1.82, 2.24) is 5.32 Å². The Morgan fingerprint density at radius 1 is 0.870 bits per heavy atom. The topological polar surface area (TPSA) is 95.9 Å². The average molecular weight is 317 g/mol. The van der Waals surface area contributed by atoms with Gasteiger partial charge in [0.1, 0.15) is 5.75 Å². The Balaban J connectivity index is 0.000000379. The molecule has 0 saturated carbocycles. The van der Waals surface area contributed by atoms with Crippen LogP contribution in [0.2, 0.25) is 0 Å². The Bertz CT molecular complexity index is 599. The van der Waals surface area contributed by atoms with E-state index >= 15 is 0 Å². The summed E-state index contributed by atoms with van der Waals surface area (Å²) >= 11 is 0. The van der Waals surface area contributed by atoms with Crippen molar-refractivity contribution in [3.8, 4) is 5.75 Å². The first-order valence-corrected chi connectivity index (χ1v) is 6.86. The van der Waals surface area contributed by atoms with Gasteiger partial charge in [0.15, 0.2) is 0 Å². The van der Waals surface area contributed by atoms with Crippen molar-refractivity contribution in [2.45, 2.75) is 13.1 Å². The Morgan fingerprint density at radius 3 is 1.78 bits per heavy atom. The van der Waals surface area contributed by atoms with Gasteiger partial charge < -0.3 is 20.3 Å². The molecule has 0 aliphatic rings. The second kappa shape index (κ2) is 9.97. The Morgan fingerprint density at radius 2 is 1.35 bits per heavy atom. The molecular formula is C17H19NO5. The van der Waals surface area contributed by atoms with E-state index in [2.05, 4.69) is 41.7 Å². The average Bonchev–Trinajstić information content (AvgIpc) is 2.57. The normalized spacial score (nSPS) is 9.43. The molecule has 0 saturated heterocycles. The van der Waals surface area contributed by atoms with Crippen LogP contribution in [0.1, 0.15) is 11.1 Å². The van der Waals surface area contributed by atoms with Gasteiger partial charge in [0.25, 0.3) is 0 Å². The number of rotatable bonds is 5. The number of benzene rings is 2. The summed E-state index contributed by atoms with van der Waals surface area (Å²) in [7, 11) is 1.68. The van der Waals surface area contributed by atoms with Crippen molar-refractivity contribution < 1.29 is 24.5 Å². The molecule has 0 atom stereocenters. The lowest BCUT2D eigenvalue weighted by Crippen LogP contribution is -2.12. The molecule has 0 bridgehead atoms. The van der Waals surface area contributed by atoms with Gasteiger partial charge in [0, 0.05) is 13.1 Å². The molecule has 122 valence electrons. The van der Waals surface area contributed by atoms with Crippen LogP contribution >= 0.6 is 0 Å². The highest BCUT2D eigenvalue weighted by Crippen LogP contribution is 2.11. The first-order valence-electron chi connectivity index (χ1n) is 6.86. The van der Waals surface area contributed by atoms with E-state index < -0.39 is 11.9 Å². The molecule has 0 heterocycles. The number of carbonyl (C=O) groups is 2. The Kier molecular flexibility index (Phi) is 7.88. The lowest BCUT2D eigenvalue weighted by atomic mass is 10.2. The van der Waals surface area contributed by atoms with Crippen molar-refractivity contribution in [2.75, 3.05) is 7.11 Å². The molecule has 2 rings (SSSR count). The first kappa shape index (κ1) is 18.2. The van der Waals surface area contributed by atoms with E-state index in [9.17, 15) is 0 Å². The number of ether oxygens (including phenoxy) is 1. The summed E-state index contributed by atoms with van der Waals surface area (Å²) in [6.07, 6.45) is 0. The van der Waals surface area contributed by atoms with Gasteiger partial charge in [-0.25, -0.2) is 9.59 Å². The van der Waals surface area contributed by atoms with Gasteiger partial charge in [0.05, 0.1) is 7.11 Å². The number of aliphatic carboxylic acids is 2. The predicted molar refractivity (Wildman–Crippen MR) is 85.3 cm³/mol. The summed E-state index contributed by atoms with van der Waals surface area (Å²) in [6, 6.07) is 18.5. The van der Waals surface area contributed by atoms with Crippen LogP contribution in [-0.2, 0) is 22.7 Å². The maximum absolute atomic E-state index is 9.10. The highest BCUT2D eigenvalue weighted by atomic mass is 16.5. The molecule has 0 amide bonds. The first-order chi connectivity index (χ1) is 11.0. The number of hydrogen-bond donors (Lipinski definition) is 3. The maximum atomic E-state index is 9.10. The zero-order chi connectivity index (χ0) is 17.1. The van der Waals surface area contributed by atoms with Gasteiger partial charge in [-0.05, 0) is 23.3 Å². The van der Waals surface area contributed by atoms with E-state index in [4.69, 9.17) is 24.5 Å². The summed E-state index contributed by atoms with van der Waals surface area (Å²) in [5, 5.41) is 18.2. The fraction of sp³-hybridized carbons (Fsp3) is 0.176. The summed E-state index contributed by atoms with van der Waals surface area (Å²) in [6.45, 7) is 1.77. The molecular weight excluding hydrogens is 298 g/mol. The molecule has 3 N–H and O–H groups in total. The van der Waals surface area contributed by atoms with Gasteiger partial charge in [-0.15, -0.1) is 0 Å².